The van der Waals surface area contributed by atoms with Crippen LogP contribution in [0.5, 0.6) is 0 Å². The summed E-state index contributed by atoms with van der Waals surface area (Å²) in [5, 5.41) is 9.27. The Labute approximate surface area is 141 Å². The average Bonchev–Trinajstić information content (AvgIpc) is 3.37. The first-order valence-electron chi connectivity index (χ1n) is 8.12. The summed E-state index contributed by atoms with van der Waals surface area (Å²) in [6, 6.07) is 6.02. The normalized spacial score (nSPS) is 25.5. The van der Waals surface area contributed by atoms with E-state index in [9.17, 15) is 14.3 Å². The lowest BCUT2D eigenvalue weighted by Gasteiger charge is -2.37. The van der Waals surface area contributed by atoms with Crippen LogP contribution in [0.4, 0.5) is 4.39 Å². The molecule has 0 aromatic heterocycles. The van der Waals surface area contributed by atoms with E-state index >= 15 is 0 Å². The monoisotopic (exact) mass is 335 g/mol. The van der Waals surface area contributed by atoms with E-state index in [4.69, 9.17) is 0 Å². The predicted molar refractivity (Wildman–Crippen MR) is 91.0 cm³/mol. The number of carbonyl (C=O) groups excluding carboxylic acids is 1. The summed E-state index contributed by atoms with van der Waals surface area (Å²) in [5.74, 6) is -0.137. The zero-order chi connectivity index (χ0) is 16.4. The number of hydrogen-bond donors (Lipinski definition) is 2. The summed E-state index contributed by atoms with van der Waals surface area (Å²) < 4.78 is 14.3. The van der Waals surface area contributed by atoms with Crippen molar-refractivity contribution < 1.29 is 14.3 Å². The molecule has 3 nitrogen and oxygen atoms in total. The van der Waals surface area contributed by atoms with Crippen molar-refractivity contribution in [2.75, 3.05) is 19.7 Å². The molecule has 1 aliphatic heterocycles. The number of ketones is 1. The van der Waals surface area contributed by atoms with Crippen LogP contribution in [-0.4, -0.2) is 40.7 Å². The van der Waals surface area contributed by atoms with E-state index in [1.54, 1.807) is 24.3 Å². The maximum absolute atomic E-state index is 14.3. The van der Waals surface area contributed by atoms with Crippen molar-refractivity contribution in [3.8, 4) is 0 Å². The van der Waals surface area contributed by atoms with Crippen LogP contribution >= 0.6 is 12.6 Å². The summed E-state index contributed by atoms with van der Waals surface area (Å²) in [6.45, 7) is 1.21. The third-order valence-corrected chi connectivity index (χ3v) is 5.26. The van der Waals surface area contributed by atoms with Crippen LogP contribution in [0.1, 0.15) is 30.9 Å². The van der Waals surface area contributed by atoms with E-state index in [1.165, 1.54) is 6.07 Å². The molecule has 3 rings (SSSR count). The van der Waals surface area contributed by atoms with E-state index in [2.05, 4.69) is 12.6 Å². The Balaban J connectivity index is 1.91. The number of carbonyl (C=O) groups is 1. The smallest absolute Gasteiger partial charge is 0.157 e. The van der Waals surface area contributed by atoms with Gasteiger partial charge in [0.2, 0.25) is 0 Å². The van der Waals surface area contributed by atoms with E-state index in [-0.39, 0.29) is 29.4 Å². The summed E-state index contributed by atoms with van der Waals surface area (Å²) in [4.78, 5) is 14.8. The molecule has 1 heterocycles. The van der Waals surface area contributed by atoms with Crippen molar-refractivity contribution in [2.45, 2.75) is 30.6 Å². The molecule has 0 amide bonds. The number of aliphatic hydroxyl groups excluding tert-OH is 1. The van der Waals surface area contributed by atoms with Crippen LogP contribution in [0.3, 0.4) is 0 Å². The topological polar surface area (TPSA) is 40.5 Å². The zero-order valence-corrected chi connectivity index (χ0v) is 13.9. The number of aliphatic hydroxyl groups is 1. The molecule has 23 heavy (non-hydrogen) atoms. The van der Waals surface area contributed by atoms with Gasteiger partial charge in [0.25, 0.3) is 0 Å². The van der Waals surface area contributed by atoms with Crippen LogP contribution in [0.15, 0.2) is 35.9 Å². The number of thiol groups is 1. The molecule has 1 aromatic carbocycles. The first-order chi connectivity index (χ1) is 11.1. The Morgan fingerprint density at radius 3 is 2.78 bits per heavy atom. The highest BCUT2D eigenvalue weighted by atomic mass is 32.1. The molecule has 1 aliphatic carbocycles. The van der Waals surface area contributed by atoms with Crippen molar-refractivity contribution in [1.29, 1.82) is 0 Å². The molecule has 2 atom stereocenters. The second kappa shape index (κ2) is 7.16. The summed E-state index contributed by atoms with van der Waals surface area (Å²) >= 11 is 4.55. The van der Waals surface area contributed by atoms with E-state index in [0.29, 0.717) is 18.7 Å². The minimum atomic E-state index is -0.536. The Hall–Kier alpha value is -1.17. The molecule has 1 saturated carbocycles. The van der Waals surface area contributed by atoms with Crippen molar-refractivity contribution in [1.82, 2.24) is 4.90 Å². The SMILES string of the molecule is O=C(C1CC1)C(c1ccccc1F)N1CCC(S)/C(=C\CO)C1. The summed E-state index contributed by atoms with van der Waals surface area (Å²) in [5.41, 5.74) is 1.47. The van der Waals surface area contributed by atoms with Crippen LogP contribution in [0.25, 0.3) is 0 Å². The van der Waals surface area contributed by atoms with E-state index in [0.717, 1.165) is 24.8 Å². The second-order valence-electron chi connectivity index (χ2n) is 6.34. The van der Waals surface area contributed by atoms with Gasteiger partial charge in [0.1, 0.15) is 5.82 Å². The molecular weight excluding hydrogens is 313 g/mol. The first kappa shape index (κ1) is 16.7. The molecule has 2 unspecified atom stereocenters. The fraction of sp³-hybridized carbons (Fsp3) is 0.500. The molecule has 2 fully saturated rings. The summed E-state index contributed by atoms with van der Waals surface area (Å²) in [7, 11) is 0. The van der Waals surface area contributed by atoms with Gasteiger partial charge in [-0.25, -0.2) is 4.39 Å². The number of piperidine rings is 1. The number of hydrogen-bond acceptors (Lipinski definition) is 4. The number of likely N-dealkylation sites (tertiary alicyclic amines) is 1. The maximum Gasteiger partial charge on any atom is 0.157 e. The maximum atomic E-state index is 14.3. The van der Waals surface area contributed by atoms with Gasteiger partial charge < -0.3 is 5.11 Å². The van der Waals surface area contributed by atoms with Crippen molar-refractivity contribution in [3.63, 3.8) is 0 Å². The molecular formula is C18H22FNO2S. The number of rotatable bonds is 5. The lowest BCUT2D eigenvalue weighted by molar-refractivity contribution is -0.126. The highest BCUT2D eigenvalue weighted by Gasteiger charge is 2.40. The van der Waals surface area contributed by atoms with E-state index in [1.807, 2.05) is 4.90 Å². The van der Waals surface area contributed by atoms with Gasteiger partial charge in [-0.1, -0.05) is 24.3 Å². The van der Waals surface area contributed by atoms with Crippen LogP contribution in [0.2, 0.25) is 0 Å². The highest BCUT2D eigenvalue weighted by Crippen LogP contribution is 2.39. The lowest BCUT2D eigenvalue weighted by atomic mass is 9.93. The Morgan fingerprint density at radius 2 is 2.13 bits per heavy atom. The van der Waals surface area contributed by atoms with Crippen molar-refractivity contribution in [3.05, 3.63) is 47.3 Å². The average molecular weight is 335 g/mol. The van der Waals surface area contributed by atoms with Gasteiger partial charge >= 0.3 is 0 Å². The lowest BCUT2D eigenvalue weighted by Crippen LogP contribution is -2.42. The fourth-order valence-electron chi connectivity index (χ4n) is 3.25. The third kappa shape index (κ3) is 3.67. The molecule has 0 spiro atoms. The Kier molecular flexibility index (Phi) is 5.19. The molecule has 5 heteroatoms. The van der Waals surface area contributed by atoms with Crippen LogP contribution < -0.4 is 0 Å². The minimum Gasteiger partial charge on any atom is -0.392 e. The molecule has 1 N–H and O–H groups in total. The second-order valence-corrected chi connectivity index (χ2v) is 6.96. The van der Waals surface area contributed by atoms with Gasteiger partial charge in [-0.15, -0.1) is 0 Å². The van der Waals surface area contributed by atoms with Gasteiger partial charge in [0.05, 0.1) is 12.6 Å². The van der Waals surface area contributed by atoms with Crippen LogP contribution in [-0.2, 0) is 4.79 Å². The minimum absolute atomic E-state index is 0.0405. The number of benzene rings is 1. The molecule has 1 saturated heterocycles. The fourth-order valence-corrected chi connectivity index (χ4v) is 3.55. The first-order valence-corrected chi connectivity index (χ1v) is 8.63. The largest absolute Gasteiger partial charge is 0.392 e. The quantitative estimate of drug-likeness (QED) is 0.642. The molecule has 0 bridgehead atoms. The molecule has 1 aromatic rings. The zero-order valence-electron chi connectivity index (χ0n) is 13.0. The van der Waals surface area contributed by atoms with Gasteiger partial charge in [0, 0.05) is 29.8 Å². The molecule has 124 valence electrons. The van der Waals surface area contributed by atoms with Gasteiger partial charge in [-0.05, 0) is 30.9 Å². The third-order valence-electron chi connectivity index (χ3n) is 4.67. The Bertz CT molecular complexity index is 615. The summed E-state index contributed by atoms with van der Waals surface area (Å²) in [6.07, 6.45) is 4.36. The van der Waals surface area contributed by atoms with Crippen LogP contribution in [0, 0.1) is 11.7 Å². The predicted octanol–water partition coefficient (Wildman–Crippen LogP) is 2.77. The number of nitrogens with zero attached hydrogens (tertiary/aromatic N) is 1. The van der Waals surface area contributed by atoms with E-state index < -0.39 is 6.04 Å². The molecule has 0 radical (unpaired) electrons. The van der Waals surface area contributed by atoms with Gasteiger partial charge in [-0.2, -0.15) is 12.6 Å². The number of halogens is 1. The molecule has 2 aliphatic rings. The van der Waals surface area contributed by atoms with Gasteiger partial charge in [0.15, 0.2) is 5.78 Å². The Morgan fingerprint density at radius 1 is 1.39 bits per heavy atom. The van der Waals surface area contributed by atoms with Gasteiger partial charge in [-0.3, -0.25) is 9.69 Å². The van der Waals surface area contributed by atoms with Crippen molar-refractivity contribution >= 4 is 18.4 Å². The van der Waals surface area contributed by atoms with Crippen molar-refractivity contribution in [2.24, 2.45) is 5.92 Å². The highest BCUT2D eigenvalue weighted by molar-refractivity contribution is 7.81. The number of Topliss-reactive ketones (excluding diaryl/α,β-unsaturated/α-hetero) is 1. The standard InChI is InChI=1S/C18H22FNO2S/c19-15-4-2-1-3-14(15)17(18(22)12-5-6-12)20-9-7-16(23)13(11-20)8-10-21/h1-4,8,12,16-17,21,23H,5-7,9-11H2/b13-8-.